The summed E-state index contributed by atoms with van der Waals surface area (Å²) in [5.74, 6) is 1.04. The number of para-hydroxylation sites is 2. The minimum absolute atomic E-state index is 0.0321. The Hall–Kier alpha value is -2.04. The molecule has 1 N–H and O–H groups in total. The maximum atomic E-state index is 12.8. The zero-order chi connectivity index (χ0) is 20.5. The third-order valence-electron chi connectivity index (χ3n) is 5.25. The van der Waals surface area contributed by atoms with Crippen LogP contribution in [0.4, 0.5) is 5.69 Å². The van der Waals surface area contributed by atoms with Gasteiger partial charge in [0.1, 0.15) is 5.75 Å². The van der Waals surface area contributed by atoms with E-state index in [1.54, 1.807) is 0 Å². The molecule has 1 aliphatic carbocycles. The number of nitrogens with one attached hydrogen (secondary N) is 1. The van der Waals surface area contributed by atoms with Crippen molar-refractivity contribution in [3.05, 3.63) is 24.3 Å². The largest absolute Gasteiger partial charge is 0.489 e. The van der Waals surface area contributed by atoms with Crippen LogP contribution in [0.25, 0.3) is 0 Å². The Bertz CT molecular complexity index is 630. The average molecular weight is 389 g/mol. The van der Waals surface area contributed by atoms with Crippen LogP contribution in [0.15, 0.2) is 24.3 Å². The zero-order valence-corrected chi connectivity index (χ0v) is 17.9. The van der Waals surface area contributed by atoms with E-state index in [-0.39, 0.29) is 29.8 Å². The van der Waals surface area contributed by atoms with Crippen molar-refractivity contribution in [2.75, 3.05) is 18.4 Å². The summed E-state index contributed by atoms with van der Waals surface area (Å²) in [7, 11) is 0. The number of ether oxygens (including phenoxy) is 1. The number of carbonyl (C=O) groups excluding carboxylic acids is 2. The van der Waals surface area contributed by atoms with Gasteiger partial charge in [-0.05, 0) is 64.5 Å². The molecule has 0 aliphatic heterocycles. The molecule has 1 saturated carbocycles. The number of amides is 2. The highest BCUT2D eigenvalue weighted by atomic mass is 16.5. The van der Waals surface area contributed by atoms with Crippen molar-refractivity contribution >= 4 is 17.5 Å². The number of anilines is 1. The maximum absolute atomic E-state index is 12.8. The van der Waals surface area contributed by atoms with Crippen LogP contribution < -0.4 is 10.1 Å². The fraction of sp³-hybridized carbons (Fsp3) is 0.652. The quantitative estimate of drug-likeness (QED) is 0.657. The maximum Gasteiger partial charge on any atom is 0.227 e. The third kappa shape index (κ3) is 6.25. The highest BCUT2D eigenvalue weighted by molar-refractivity contribution is 5.94. The highest BCUT2D eigenvalue weighted by Gasteiger charge is 2.32. The molecule has 2 rings (SSSR count). The van der Waals surface area contributed by atoms with Gasteiger partial charge in [-0.2, -0.15) is 0 Å². The van der Waals surface area contributed by atoms with Crippen molar-refractivity contribution in [3.63, 3.8) is 0 Å². The van der Waals surface area contributed by atoms with E-state index in [0.717, 1.165) is 57.3 Å². The molecule has 5 heteroatoms. The van der Waals surface area contributed by atoms with E-state index >= 15 is 0 Å². The number of nitrogens with zero attached hydrogens (tertiary/aromatic N) is 1. The van der Waals surface area contributed by atoms with Crippen molar-refractivity contribution < 1.29 is 14.3 Å². The van der Waals surface area contributed by atoms with Crippen LogP contribution in [-0.4, -0.2) is 35.9 Å². The molecular weight excluding hydrogens is 352 g/mol. The van der Waals surface area contributed by atoms with Gasteiger partial charge in [0, 0.05) is 24.9 Å². The molecule has 0 atom stereocenters. The second-order valence-corrected chi connectivity index (χ2v) is 8.03. The van der Waals surface area contributed by atoms with Gasteiger partial charge in [-0.25, -0.2) is 0 Å². The van der Waals surface area contributed by atoms with Crippen LogP contribution in [0.2, 0.25) is 0 Å². The molecule has 5 nitrogen and oxygen atoms in total. The van der Waals surface area contributed by atoms with E-state index in [2.05, 4.69) is 19.2 Å². The lowest BCUT2D eigenvalue weighted by Gasteiger charge is -2.31. The van der Waals surface area contributed by atoms with Gasteiger partial charge in [0.15, 0.2) is 0 Å². The minimum Gasteiger partial charge on any atom is -0.489 e. The summed E-state index contributed by atoms with van der Waals surface area (Å²) in [6.45, 7) is 9.82. The Kier molecular flexibility index (Phi) is 8.81. The van der Waals surface area contributed by atoms with Gasteiger partial charge in [0.2, 0.25) is 11.8 Å². The van der Waals surface area contributed by atoms with Gasteiger partial charge >= 0.3 is 0 Å². The first-order valence-corrected chi connectivity index (χ1v) is 10.8. The van der Waals surface area contributed by atoms with Gasteiger partial charge in [0.05, 0.1) is 11.8 Å². The van der Waals surface area contributed by atoms with Crippen LogP contribution in [0.5, 0.6) is 5.75 Å². The van der Waals surface area contributed by atoms with Crippen LogP contribution in [0.3, 0.4) is 0 Å². The fourth-order valence-electron chi connectivity index (χ4n) is 3.89. The predicted molar refractivity (Wildman–Crippen MR) is 113 cm³/mol. The van der Waals surface area contributed by atoms with E-state index in [1.807, 2.05) is 43.0 Å². The summed E-state index contributed by atoms with van der Waals surface area (Å²) in [6.07, 6.45) is 5.15. The molecule has 0 bridgehead atoms. The van der Waals surface area contributed by atoms with Gasteiger partial charge in [-0.3, -0.25) is 9.59 Å². The molecule has 0 aromatic heterocycles. The van der Waals surface area contributed by atoms with E-state index < -0.39 is 0 Å². The second kappa shape index (κ2) is 11.1. The normalized spacial score (nSPS) is 19.3. The average Bonchev–Trinajstić information content (AvgIpc) is 2.68. The van der Waals surface area contributed by atoms with Crippen molar-refractivity contribution in [1.29, 1.82) is 0 Å². The first-order chi connectivity index (χ1) is 13.5. The Balaban J connectivity index is 1.91. The lowest BCUT2D eigenvalue weighted by molar-refractivity contribution is -0.138. The summed E-state index contributed by atoms with van der Waals surface area (Å²) in [5, 5.41) is 3.03. The van der Waals surface area contributed by atoms with Gasteiger partial charge in [-0.15, -0.1) is 0 Å². The number of rotatable bonds is 9. The van der Waals surface area contributed by atoms with E-state index in [1.165, 1.54) is 0 Å². The Morgan fingerprint density at radius 1 is 1.04 bits per heavy atom. The number of hydrogen-bond donors (Lipinski definition) is 1. The van der Waals surface area contributed by atoms with Crippen molar-refractivity contribution in [2.45, 2.75) is 72.3 Å². The highest BCUT2D eigenvalue weighted by Crippen LogP contribution is 2.32. The number of hydrogen-bond acceptors (Lipinski definition) is 3. The minimum atomic E-state index is -0.0399. The Morgan fingerprint density at radius 3 is 2.18 bits per heavy atom. The van der Waals surface area contributed by atoms with Gasteiger partial charge in [0.25, 0.3) is 0 Å². The Labute approximate surface area is 169 Å². The smallest absolute Gasteiger partial charge is 0.227 e. The van der Waals surface area contributed by atoms with E-state index in [9.17, 15) is 9.59 Å². The molecule has 28 heavy (non-hydrogen) atoms. The summed E-state index contributed by atoms with van der Waals surface area (Å²) in [6, 6.07) is 7.55. The standard InChI is InChI=1S/C23H36N2O3/c1-5-15-25(16-6-2)23(27)19-13-11-18(12-14-19)22(26)24-20-9-7-8-10-21(20)28-17(3)4/h7-10,17-19H,5-6,11-16H2,1-4H3,(H,24,26). The van der Waals surface area contributed by atoms with E-state index in [0.29, 0.717) is 5.75 Å². The zero-order valence-electron chi connectivity index (χ0n) is 17.9. The number of carbonyl (C=O) groups is 2. The molecule has 0 heterocycles. The number of benzene rings is 1. The molecule has 0 radical (unpaired) electrons. The molecule has 1 aromatic carbocycles. The van der Waals surface area contributed by atoms with Crippen molar-refractivity contribution in [3.8, 4) is 5.75 Å². The monoisotopic (exact) mass is 388 g/mol. The van der Waals surface area contributed by atoms with Crippen LogP contribution >= 0.6 is 0 Å². The molecule has 0 spiro atoms. The van der Waals surface area contributed by atoms with Gasteiger partial charge < -0.3 is 15.0 Å². The third-order valence-corrected chi connectivity index (χ3v) is 5.25. The van der Waals surface area contributed by atoms with E-state index in [4.69, 9.17) is 4.74 Å². The summed E-state index contributed by atoms with van der Waals surface area (Å²) >= 11 is 0. The lowest BCUT2D eigenvalue weighted by Crippen LogP contribution is -2.39. The lowest BCUT2D eigenvalue weighted by atomic mass is 9.80. The Morgan fingerprint density at radius 2 is 1.61 bits per heavy atom. The fourth-order valence-corrected chi connectivity index (χ4v) is 3.89. The topological polar surface area (TPSA) is 58.6 Å². The molecule has 1 fully saturated rings. The first-order valence-electron chi connectivity index (χ1n) is 10.8. The predicted octanol–water partition coefficient (Wildman–Crippen LogP) is 4.87. The molecule has 1 aliphatic rings. The summed E-state index contributed by atoms with van der Waals surface area (Å²) < 4.78 is 5.79. The SMILES string of the molecule is CCCN(CCC)C(=O)C1CCC(C(=O)Nc2ccccc2OC(C)C)CC1. The molecular formula is C23H36N2O3. The first kappa shape index (κ1) is 22.3. The van der Waals surface area contributed by atoms with Gasteiger partial charge in [-0.1, -0.05) is 26.0 Å². The molecule has 156 valence electrons. The van der Waals surface area contributed by atoms with Crippen LogP contribution in [0, 0.1) is 11.8 Å². The summed E-state index contributed by atoms with van der Waals surface area (Å²) in [4.78, 5) is 27.6. The molecule has 2 amide bonds. The van der Waals surface area contributed by atoms with Crippen LogP contribution in [-0.2, 0) is 9.59 Å². The molecule has 0 saturated heterocycles. The van der Waals surface area contributed by atoms with Crippen molar-refractivity contribution in [1.82, 2.24) is 4.90 Å². The van der Waals surface area contributed by atoms with Crippen molar-refractivity contribution in [2.24, 2.45) is 11.8 Å². The molecule has 1 aromatic rings. The summed E-state index contributed by atoms with van der Waals surface area (Å²) in [5.41, 5.74) is 0.719. The van der Waals surface area contributed by atoms with Crippen LogP contribution in [0.1, 0.15) is 66.2 Å². The molecule has 0 unspecified atom stereocenters. The second-order valence-electron chi connectivity index (χ2n) is 8.03.